The van der Waals surface area contributed by atoms with E-state index in [1.165, 1.54) is 10.8 Å². The van der Waals surface area contributed by atoms with Crippen LogP contribution in [-0.4, -0.2) is 55.7 Å². The second-order valence-corrected chi connectivity index (χ2v) is 22.2. The van der Waals surface area contributed by atoms with E-state index < -0.39 is 52.7 Å². The van der Waals surface area contributed by atoms with E-state index >= 15 is 0 Å². The highest BCUT2D eigenvalue weighted by atomic mass is 28.4. The first-order valence-electron chi connectivity index (χ1n) is 12.2. The van der Waals surface area contributed by atoms with Crippen molar-refractivity contribution in [2.75, 3.05) is 6.61 Å². The molecule has 0 amide bonds. The standard InChI is InChI=1S/C24H44N2O7Si2/c1-16-13-25(22(30)26(21(16)29)14-20(27)28)19-12-17(33-35(10,11)24(5,6)7)18(32-19)15-31-34(8,9)23(2,3)4/h13,17-19H,12,14-15H2,1-11H3,(H,27,28)/t17-,18+,19+/m0/s1. The molecule has 2 rings (SSSR count). The van der Waals surface area contributed by atoms with Gasteiger partial charge in [-0.3, -0.25) is 14.2 Å². The monoisotopic (exact) mass is 528 g/mol. The average Bonchev–Trinajstić information content (AvgIpc) is 3.06. The smallest absolute Gasteiger partial charge is 0.333 e. The molecule has 3 atom stereocenters. The highest BCUT2D eigenvalue weighted by Gasteiger charge is 2.46. The summed E-state index contributed by atoms with van der Waals surface area (Å²) in [6.45, 7) is 23.0. The minimum atomic E-state index is -2.16. The van der Waals surface area contributed by atoms with Gasteiger partial charge in [-0.1, -0.05) is 41.5 Å². The number of carboxylic acids is 1. The number of hydrogen-bond acceptors (Lipinski definition) is 6. The molecule has 1 aromatic heterocycles. The normalized spacial score (nSPS) is 22.0. The first kappa shape index (κ1) is 29.7. The predicted octanol–water partition coefficient (Wildman–Crippen LogP) is 4.10. The molecule has 35 heavy (non-hydrogen) atoms. The van der Waals surface area contributed by atoms with Crippen LogP contribution in [0.4, 0.5) is 0 Å². The van der Waals surface area contributed by atoms with Crippen LogP contribution < -0.4 is 11.2 Å². The number of aryl methyl sites for hydroxylation is 1. The van der Waals surface area contributed by atoms with Crippen LogP contribution in [0.2, 0.25) is 36.3 Å². The van der Waals surface area contributed by atoms with Gasteiger partial charge in [0, 0.05) is 18.2 Å². The van der Waals surface area contributed by atoms with Crippen LogP contribution >= 0.6 is 0 Å². The molecule has 1 aliphatic rings. The minimum Gasteiger partial charge on any atom is -0.480 e. The number of nitrogens with zero attached hydrogens (tertiary/aromatic N) is 2. The zero-order valence-electron chi connectivity index (χ0n) is 23.2. The van der Waals surface area contributed by atoms with Crippen LogP contribution in [0.15, 0.2) is 15.8 Å². The van der Waals surface area contributed by atoms with Crippen molar-refractivity contribution in [3.8, 4) is 0 Å². The van der Waals surface area contributed by atoms with Gasteiger partial charge in [-0.05, 0) is 43.2 Å². The Morgan fingerprint density at radius 2 is 1.63 bits per heavy atom. The van der Waals surface area contributed by atoms with Crippen LogP contribution in [0, 0.1) is 6.92 Å². The topological polar surface area (TPSA) is 109 Å². The van der Waals surface area contributed by atoms with Crippen molar-refractivity contribution in [3.05, 3.63) is 32.6 Å². The maximum atomic E-state index is 13.1. The van der Waals surface area contributed by atoms with Crippen LogP contribution in [0.25, 0.3) is 0 Å². The van der Waals surface area contributed by atoms with E-state index in [1.807, 2.05) is 0 Å². The van der Waals surface area contributed by atoms with E-state index in [1.54, 1.807) is 6.92 Å². The summed E-state index contributed by atoms with van der Waals surface area (Å²) in [5.41, 5.74) is -1.04. The minimum absolute atomic E-state index is 0.0158. The molecule has 200 valence electrons. The molecule has 0 aliphatic carbocycles. The van der Waals surface area contributed by atoms with Crippen molar-refractivity contribution in [1.82, 2.24) is 9.13 Å². The van der Waals surface area contributed by atoms with Gasteiger partial charge in [0.1, 0.15) is 18.9 Å². The summed E-state index contributed by atoms with van der Waals surface area (Å²) >= 11 is 0. The lowest BCUT2D eigenvalue weighted by Gasteiger charge is -2.40. The molecular formula is C24H44N2O7Si2. The zero-order valence-corrected chi connectivity index (χ0v) is 25.2. The fourth-order valence-electron chi connectivity index (χ4n) is 3.45. The van der Waals surface area contributed by atoms with E-state index in [0.717, 1.165) is 4.57 Å². The van der Waals surface area contributed by atoms with E-state index in [-0.39, 0.29) is 21.7 Å². The van der Waals surface area contributed by atoms with Crippen molar-refractivity contribution in [1.29, 1.82) is 0 Å². The number of ether oxygens (including phenoxy) is 1. The molecular weight excluding hydrogens is 484 g/mol. The third-order valence-corrected chi connectivity index (χ3v) is 16.8. The molecule has 1 aliphatic heterocycles. The van der Waals surface area contributed by atoms with Gasteiger partial charge >= 0.3 is 11.7 Å². The molecule has 9 nitrogen and oxygen atoms in total. The Bertz CT molecular complexity index is 1050. The van der Waals surface area contributed by atoms with Gasteiger partial charge in [0.25, 0.3) is 5.56 Å². The van der Waals surface area contributed by atoms with Gasteiger partial charge in [-0.25, -0.2) is 9.36 Å². The fourth-order valence-corrected chi connectivity index (χ4v) is 5.82. The van der Waals surface area contributed by atoms with Crippen LogP contribution in [0.1, 0.15) is 59.8 Å². The second-order valence-electron chi connectivity index (χ2n) is 12.6. The van der Waals surface area contributed by atoms with Crippen molar-refractivity contribution < 1.29 is 23.5 Å². The number of aromatic nitrogens is 2. The molecule has 11 heteroatoms. The van der Waals surface area contributed by atoms with Gasteiger partial charge in [-0.15, -0.1) is 0 Å². The first-order valence-corrected chi connectivity index (χ1v) is 18.0. The molecule has 2 heterocycles. The number of aliphatic carboxylic acids is 1. The van der Waals surface area contributed by atoms with Gasteiger partial charge in [0.15, 0.2) is 16.6 Å². The lowest BCUT2D eigenvalue weighted by Crippen LogP contribution is -2.48. The second kappa shape index (κ2) is 10.1. The zero-order chi connectivity index (χ0) is 27.1. The molecule has 0 aromatic carbocycles. The Kier molecular flexibility index (Phi) is 8.55. The molecule has 1 saturated heterocycles. The highest BCUT2D eigenvalue weighted by Crippen LogP contribution is 2.42. The third-order valence-electron chi connectivity index (χ3n) is 7.82. The van der Waals surface area contributed by atoms with Crippen LogP contribution in [0.3, 0.4) is 0 Å². The summed E-state index contributed by atoms with van der Waals surface area (Å²) < 4.78 is 21.6. The average molecular weight is 529 g/mol. The Morgan fingerprint density at radius 1 is 1.09 bits per heavy atom. The van der Waals surface area contributed by atoms with Crippen molar-refractivity contribution in [3.63, 3.8) is 0 Å². The van der Waals surface area contributed by atoms with E-state index in [0.29, 0.717) is 13.0 Å². The van der Waals surface area contributed by atoms with Gasteiger partial charge in [-0.2, -0.15) is 0 Å². The largest absolute Gasteiger partial charge is 0.480 e. The first-order chi connectivity index (χ1) is 15.7. The van der Waals surface area contributed by atoms with E-state index in [4.69, 9.17) is 13.6 Å². The summed E-state index contributed by atoms with van der Waals surface area (Å²) in [5, 5.41) is 9.21. The predicted molar refractivity (Wildman–Crippen MR) is 141 cm³/mol. The molecule has 0 bridgehead atoms. The lowest BCUT2D eigenvalue weighted by molar-refractivity contribution is -0.137. The Balaban J connectivity index is 2.44. The summed E-state index contributed by atoms with van der Waals surface area (Å²) in [7, 11) is -4.22. The maximum absolute atomic E-state index is 13.1. The molecule has 1 aromatic rings. The molecule has 0 unspecified atom stereocenters. The SMILES string of the molecule is Cc1cn([C@H]2C[C@H](O[Si](C)(C)C(C)(C)C)[C@@H](CO[Si](C)(C)C(C)(C)C)O2)c(=O)n(CC(=O)O)c1=O. The Hall–Kier alpha value is -1.54. The fraction of sp³-hybridized carbons (Fsp3) is 0.792. The van der Waals surface area contributed by atoms with E-state index in [9.17, 15) is 19.5 Å². The van der Waals surface area contributed by atoms with Gasteiger partial charge < -0.3 is 18.7 Å². The van der Waals surface area contributed by atoms with Crippen molar-refractivity contribution in [2.24, 2.45) is 0 Å². The molecule has 1 N–H and O–H groups in total. The Labute approximate surface area is 210 Å². The quantitative estimate of drug-likeness (QED) is 0.506. The number of hydrogen-bond donors (Lipinski definition) is 1. The summed E-state index contributed by atoms with van der Waals surface area (Å²) in [6.07, 6.45) is 0.481. The number of rotatable bonds is 8. The summed E-state index contributed by atoms with van der Waals surface area (Å²) in [6, 6.07) is 0. The van der Waals surface area contributed by atoms with Crippen molar-refractivity contribution >= 4 is 22.6 Å². The van der Waals surface area contributed by atoms with E-state index in [2.05, 4.69) is 67.7 Å². The lowest BCUT2D eigenvalue weighted by atomic mass is 10.2. The molecule has 0 radical (unpaired) electrons. The summed E-state index contributed by atoms with van der Waals surface area (Å²) in [5.74, 6) is -1.26. The van der Waals surface area contributed by atoms with Crippen molar-refractivity contribution in [2.45, 2.75) is 116 Å². The summed E-state index contributed by atoms with van der Waals surface area (Å²) in [4.78, 5) is 36.8. The third kappa shape index (κ3) is 6.62. The van der Waals surface area contributed by atoms with Gasteiger partial charge in [0.05, 0.1) is 12.7 Å². The maximum Gasteiger partial charge on any atom is 0.333 e. The van der Waals surface area contributed by atoms with Gasteiger partial charge in [0.2, 0.25) is 0 Å². The molecule has 0 spiro atoms. The molecule has 0 saturated carbocycles. The highest BCUT2D eigenvalue weighted by molar-refractivity contribution is 6.74. The van der Waals surface area contributed by atoms with Crippen LogP contribution in [-0.2, 0) is 24.9 Å². The Morgan fingerprint density at radius 3 is 2.11 bits per heavy atom. The molecule has 1 fully saturated rings. The van der Waals surface area contributed by atoms with Crippen LogP contribution in [0.5, 0.6) is 0 Å². The number of carboxylic acid groups (broad SMARTS) is 1. The number of carbonyl (C=O) groups is 1.